The Labute approximate surface area is 189 Å². The van der Waals surface area contributed by atoms with Crippen molar-refractivity contribution in [1.29, 1.82) is 15.8 Å². The molecule has 3 aromatic heterocycles. The molecule has 0 atom stereocenters. The zero-order valence-electron chi connectivity index (χ0n) is 16.7. The van der Waals surface area contributed by atoms with Crippen molar-refractivity contribution in [2.24, 2.45) is 0 Å². The van der Waals surface area contributed by atoms with Crippen LogP contribution in [0.25, 0.3) is 44.1 Å². The first-order valence-electron chi connectivity index (χ1n) is 9.38. The van der Waals surface area contributed by atoms with Gasteiger partial charge in [-0.1, -0.05) is 12.1 Å². The van der Waals surface area contributed by atoms with Crippen LogP contribution in [0.5, 0.6) is 0 Å². The SMILES string of the molecule is [C-]#[N+]/C(C#N)=C1\c2cc(-c3ccc(F)nc3F)ccc2-c2nc3nc(C#N)c(C#N)nc3nc21. The van der Waals surface area contributed by atoms with Crippen molar-refractivity contribution >= 4 is 16.9 Å². The summed E-state index contributed by atoms with van der Waals surface area (Å²) in [6, 6.07) is 12.3. The van der Waals surface area contributed by atoms with Gasteiger partial charge in [0.05, 0.1) is 24.0 Å². The summed E-state index contributed by atoms with van der Waals surface area (Å²) < 4.78 is 27.6. The lowest BCUT2D eigenvalue weighted by molar-refractivity contribution is 0.515. The molecule has 0 saturated heterocycles. The van der Waals surface area contributed by atoms with Gasteiger partial charge in [-0.3, -0.25) is 0 Å². The van der Waals surface area contributed by atoms with E-state index in [-0.39, 0.29) is 50.9 Å². The second kappa shape index (κ2) is 7.49. The van der Waals surface area contributed by atoms with Crippen molar-refractivity contribution in [3.63, 3.8) is 0 Å². The Morgan fingerprint density at radius 2 is 1.44 bits per heavy atom. The quantitative estimate of drug-likeness (QED) is 0.216. The number of halogens is 2. The molecule has 156 valence electrons. The average Bonchev–Trinajstić information content (AvgIpc) is 3.15. The van der Waals surface area contributed by atoms with Crippen molar-refractivity contribution in [1.82, 2.24) is 24.9 Å². The maximum absolute atomic E-state index is 14.3. The first-order chi connectivity index (χ1) is 16.5. The van der Waals surface area contributed by atoms with Gasteiger partial charge in [0.2, 0.25) is 11.9 Å². The largest absolute Gasteiger partial charge is 0.271 e. The number of nitriles is 3. The maximum atomic E-state index is 14.3. The first kappa shape index (κ1) is 20.3. The Hall–Kier alpha value is -5.65. The van der Waals surface area contributed by atoms with E-state index in [0.717, 1.165) is 6.07 Å². The zero-order valence-corrected chi connectivity index (χ0v) is 16.7. The van der Waals surface area contributed by atoms with Crippen LogP contribution in [-0.4, -0.2) is 24.9 Å². The van der Waals surface area contributed by atoms with E-state index < -0.39 is 11.9 Å². The second-order valence-electron chi connectivity index (χ2n) is 6.89. The van der Waals surface area contributed by atoms with Crippen molar-refractivity contribution in [2.45, 2.75) is 0 Å². The maximum Gasteiger partial charge on any atom is 0.271 e. The molecular weight excluding hydrogens is 440 g/mol. The molecule has 11 heteroatoms. The van der Waals surface area contributed by atoms with Gasteiger partial charge in [0.25, 0.3) is 5.70 Å². The fourth-order valence-corrected chi connectivity index (χ4v) is 3.66. The monoisotopic (exact) mass is 445 g/mol. The summed E-state index contributed by atoms with van der Waals surface area (Å²) >= 11 is 0. The molecule has 0 spiro atoms. The smallest absolute Gasteiger partial charge is 0.226 e. The molecular formula is C23H5F2N9. The predicted molar refractivity (Wildman–Crippen MR) is 111 cm³/mol. The molecule has 0 amide bonds. The Morgan fingerprint density at radius 1 is 0.794 bits per heavy atom. The van der Waals surface area contributed by atoms with E-state index in [1.54, 1.807) is 24.3 Å². The summed E-state index contributed by atoms with van der Waals surface area (Å²) in [6.45, 7) is 7.44. The van der Waals surface area contributed by atoms with Crippen molar-refractivity contribution in [3.8, 4) is 40.6 Å². The lowest BCUT2D eigenvalue weighted by atomic mass is 9.98. The van der Waals surface area contributed by atoms with Gasteiger partial charge in [0.1, 0.15) is 12.1 Å². The molecule has 0 fully saturated rings. The van der Waals surface area contributed by atoms with Crippen LogP contribution in [0.1, 0.15) is 22.6 Å². The van der Waals surface area contributed by atoms with Gasteiger partial charge in [-0.25, -0.2) is 30.0 Å². The van der Waals surface area contributed by atoms with E-state index in [4.69, 9.17) is 6.57 Å². The van der Waals surface area contributed by atoms with Crippen LogP contribution in [0.4, 0.5) is 8.78 Å². The molecule has 0 saturated carbocycles. The third-order valence-corrected chi connectivity index (χ3v) is 5.09. The minimum absolute atomic E-state index is 0.000625. The van der Waals surface area contributed by atoms with E-state index in [1.165, 1.54) is 12.1 Å². The van der Waals surface area contributed by atoms with Gasteiger partial charge in [-0.05, 0) is 29.3 Å². The van der Waals surface area contributed by atoms with Gasteiger partial charge >= 0.3 is 0 Å². The number of nitrogens with zero attached hydrogens (tertiary/aromatic N) is 9. The summed E-state index contributed by atoms with van der Waals surface area (Å²) in [5.74, 6) is -1.99. The van der Waals surface area contributed by atoms with Crippen LogP contribution in [0.15, 0.2) is 36.0 Å². The van der Waals surface area contributed by atoms with E-state index in [0.29, 0.717) is 16.7 Å². The number of hydrogen-bond acceptors (Lipinski definition) is 8. The fraction of sp³-hybridized carbons (Fsp3) is 0. The van der Waals surface area contributed by atoms with Crippen molar-refractivity contribution < 1.29 is 8.78 Å². The molecule has 0 unspecified atom stereocenters. The lowest BCUT2D eigenvalue weighted by Gasteiger charge is -2.07. The predicted octanol–water partition coefficient (Wildman–Crippen LogP) is 3.69. The molecule has 34 heavy (non-hydrogen) atoms. The fourth-order valence-electron chi connectivity index (χ4n) is 3.66. The van der Waals surface area contributed by atoms with Gasteiger partial charge < -0.3 is 0 Å². The number of aromatic nitrogens is 5. The zero-order chi connectivity index (χ0) is 24.0. The molecule has 0 N–H and O–H groups in total. The summed E-state index contributed by atoms with van der Waals surface area (Å²) in [5, 5.41) is 28.0. The number of pyridine rings is 1. The first-order valence-corrected chi connectivity index (χ1v) is 9.38. The highest BCUT2D eigenvalue weighted by atomic mass is 19.1. The molecule has 1 aliphatic carbocycles. The molecule has 1 aromatic carbocycles. The minimum atomic E-state index is -1.02. The summed E-state index contributed by atoms with van der Waals surface area (Å²) in [5.41, 5.74) is 1.02. The van der Waals surface area contributed by atoms with Crippen LogP contribution in [0, 0.1) is 52.5 Å². The topological polar surface area (TPSA) is 140 Å². The Balaban J connectivity index is 1.83. The summed E-state index contributed by atoms with van der Waals surface area (Å²) in [7, 11) is 0. The van der Waals surface area contributed by atoms with E-state index in [2.05, 4.69) is 29.8 Å². The normalized spacial score (nSPS) is 12.6. The minimum Gasteiger partial charge on any atom is -0.226 e. The highest BCUT2D eigenvalue weighted by Crippen LogP contribution is 2.45. The number of allylic oxidation sites excluding steroid dienone is 1. The van der Waals surface area contributed by atoms with E-state index >= 15 is 0 Å². The van der Waals surface area contributed by atoms with Gasteiger partial charge in [0.15, 0.2) is 22.7 Å². The van der Waals surface area contributed by atoms with Crippen molar-refractivity contribution in [2.75, 3.05) is 0 Å². The van der Waals surface area contributed by atoms with Crippen LogP contribution < -0.4 is 0 Å². The molecule has 4 aromatic rings. The number of benzene rings is 1. The summed E-state index contributed by atoms with van der Waals surface area (Å²) in [6.07, 6.45) is 0. The van der Waals surface area contributed by atoms with E-state index in [1.807, 2.05) is 6.07 Å². The molecule has 3 heterocycles. The Bertz CT molecular complexity index is 1760. The van der Waals surface area contributed by atoms with Crippen LogP contribution in [0.3, 0.4) is 0 Å². The third kappa shape index (κ3) is 2.90. The van der Waals surface area contributed by atoms with Crippen LogP contribution in [0.2, 0.25) is 0 Å². The Morgan fingerprint density at radius 3 is 2.03 bits per heavy atom. The standard InChI is InChI=1S/C23H5F2N9/c1-29-16(9-28)18-13-6-10(11-4-5-17(24)32-21(11)25)2-3-12(13)19-20(18)34-23-22(33-19)30-14(7-26)15(8-27)31-23/h2-6H/b18-16+. The molecule has 9 nitrogen and oxygen atoms in total. The molecule has 5 rings (SSSR count). The molecule has 1 aliphatic rings. The van der Waals surface area contributed by atoms with Crippen LogP contribution in [-0.2, 0) is 0 Å². The highest BCUT2D eigenvalue weighted by Gasteiger charge is 2.31. The third-order valence-electron chi connectivity index (χ3n) is 5.09. The number of rotatable bonds is 1. The van der Waals surface area contributed by atoms with Gasteiger partial charge in [-0.15, -0.1) is 0 Å². The number of hydrogen-bond donors (Lipinski definition) is 0. The lowest BCUT2D eigenvalue weighted by Crippen LogP contribution is -2.02. The second-order valence-corrected chi connectivity index (χ2v) is 6.89. The number of fused-ring (bicyclic) bond motifs is 4. The van der Waals surface area contributed by atoms with Gasteiger partial charge in [-0.2, -0.15) is 24.3 Å². The van der Waals surface area contributed by atoms with Crippen LogP contribution >= 0.6 is 0 Å². The highest BCUT2D eigenvalue weighted by molar-refractivity contribution is 6.03. The van der Waals surface area contributed by atoms with Gasteiger partial charge in [0, 0.05) is 16.7 Å². The van der Waals surface area contributed by atoms with E-state index in [9.17, 15) is 24.6 Å². The molecule has 0 radical (unpaired) electrons. The van der Waals surface area contributed by atoms with Crippen molar-refractivity contribution in [3.05, 3.63) is 82.0 Å². The Kier molecular flexibility index (Phi) is 4.46. The molecule has 0 aliphatic heterocycles. The molecule has 0 bridgehead atoms. The summed E-state index contributed by atoms with van der Waals surface area (Å²) in [4.78, 5) is 23.4. The average molecular weight is 445 g/mol.